The first-order chi connectivity index (χ1) is 8.85. The van der Waals surface area contributed by atoms with Crippen molar-refractivity contribution in [3.63, 3.8) is 0 Å². The summed E-state index contributed by atoms with van der Waals surface area (Å²) in [6.45, 7) is 8.21. The lowest BCUT2D eigenvalue weighted by Gasteiger charge is -2.18. The van der Waals surface area contributed by atoms with E-state index in [0.717, 1.165) is 6.54 Å². The fourth-order valence-corrected chi connectivity index (χ4v) is 2.53. The van der Waals surface area contributed by atoms with Crippen LogP contribution in [-0.2, 0) is 6.54 Å². The molecule has 96 valence electrons. The summed E-state index contributed by atoms with van der Waals surface area (Å²) in [6, 6.07) is 15.4. The van der Waals surface area contributed by atoms with Crippen LogP contribution >= 0.6 is 0 Å². The largest absolute Gasteiger partial charge is 0.331 e. The minimum absolute atomic E-state index is 1.15. The van der Waals surface area contributed by atoms with E-state index in [2.05, 4.69) is 56.3 Å². The van der Waals surface area contributed by atoms with Crippen molar-refractivity contribution in [2.75, 3.05) is 13.1 Å². The van der Waals surface area contributed by atoms with Crippen molar-refractivity contribution in [2.24, 2.45) is 0 Å². The molecule has 1 heteroatoms. The van der Waals surface area contributed by atoms with Crippen molar-refractivity contribution < 1.29 is 4.90 Å². The van der Waals surface area contributed by atoms with E-state index < -0.39 is 0 Å². The Morgan fingerprint density at radius 3 is 2.50 bits per heavy atom. The van der Waals surface area contributed by atoms with E-state index in [4.69, 9.17) is 0 Å². The van der Waals surface area contributed by atoms with Crippen molar-refractivity contribution in [1.82, 2.24) is 0 Å². The van der Waals surface area contributed by atoms with E-state index in [1.807, 2.05) is 0 Å². The van der Waals surface area contributed by atoms with Crippen molar-refractivity contribution in [2.45, 2.75) is 33.2 Å². The highest BCUT2D eigenvalue weighted by molar-refractivity contribution is 5.85. The maximum atomic E-state index is 2.29. The van der Waals surface area contributed by atoms with Crippen LogP contribution in [0.5, 0.6) is 0 Å². The van der Waals surface area contributed by atoms with E-state index in [0.29, 0.717) is 0 Å². The van der Waals surface area contributed by atoms with Crippen LogP contribution in [0, 0.1) is 0 Å². The first-order valence-electron chi connectivity index (χ1n) is 7.15. The van der Waals surface area contributed by atoms with Crippen LogP contribution in [0.3, 0.4) is 0 Å². The molecule has 2 aromatic carbocycles. The molecule has 1 unspecified atom stereocenters. The molecule has 1 nitrogen and oxygen atoms in total. The summed E-state index contributed by atoms with van der Waals surface area (Å²) in [7, 11) is 0. The fourth-order valence-electron chi connectivity index (χ4n) is 2.53. The minimum Gasteiger partial charge on any atom is -0.331 e. The molecule has 0 saturated heterocycles. The standard InChI is InChI=1S/C17H23N/c1-3-5-13-18(4-2)14-16-11-8-10-15-9-6-7-12-17(15)16/h6-12H,3-5,13-14H2,1-2H3/p+1. The van der Waals surface area contributed by atoms with E-state index in [1.165, 1.54) is 42.3 Å². The lowest BCUT2D eigenvalue weighted by molar-refractivity contribution is -0.912. The molecule has 1 N–H and O–H groups in total. The van der Waals surface area contributed by atoms with E-state index >= 15 is 0 Å². The molecular formula is C17H24N+. The first kappa shape index (κ1) is 13.1. The molecule has 0 aliphatic heterocycles. The van der Waals surface area contributed by atoms with E-state index in [1.54, 1.807) is 4.90 Å². The molecule has 0 aliphatic rings. The maximum Gasteiger partial charge on any atom is 0.103 e. The van der Waals surface area contributed by atoms with Gasteiger partial charge in [0, 0.05) is 5.56 Å². The van der Waals surface area contributed by atoms with Gasteiger partial charge in [0.25, 0.3) is 0 Å². The Labute approximate surface area is 110 Å². The van der Waals surface area contributed by atoms with Gasteiger partial charge in [-0.25, -0.2) is 0 Å². The number of hydrogen-bond donors (Lipinski definition) is 1. The van der Waals surface area contributed by atoms with Crippen LogP contribution in [0.4, 0.5) is 0 Å². The Hall–Kier alpha value is -1.34. The van der Waals surface area contributed by atoms with Crippen LogP contribution in [-0.4, -0.2) is 13.1 Å². The molecular weight excluding hydrogens is 218 g/mol. The molecule has 2 rings (SSSR count). The van der Waals surface area contributed by atoms with Crippen LogP contribution in [0.1, 0.15) is 32.3 Å². The summed E-state index contributed by atoms with van der Waals surface area (Å²) in [5.41, 5.74) is 1.49. The molecule has 0 heterocycles. The number of quaternary nitrogens is 1. The molecule has 2 aromatic rings. The molecule has 0 spiro atoms. The lowest BCUT2D eigenvalue weighted by atomic mass is 10.0. The zero-order valence-corrected chi connectivity index (χ0v) is 11.6. The highest BCUT2D eigenvalue weighted by Gasteiger charge is 2.08. The smallest absolute Gasteiger partial charge is 0.103 e. The van der Waals surface area contributed by atoms with Gasteiger partial charge in [-0.05, 0) is 24.1 Å². The van der Waals surface area contributed by atoms with Crippen molar-refractivity contribution in [1.29, 1.82) is 0 Å². The summed E-state index contributed by atoms with van der Waals surface area (Å²) < 4.78 is 0. The second-order valence-electron chi connectivity index (χ2n) is 5.02. The maximum absolute atomic E-state index is 2.29. The normalized spacial score (nSPS) is 12.8. The number of unbranched alkanes of at least 4 members (excludes halogenated alkanes) is 1. The Morgan fingerprint density at radius 2 is 1.72 bits per heavy atom. The third-order valence-electron chi connectivity index (χ3n) is 3.70. The molecule has 0 bridgehead atoms. The Kier molecular flexibility index (Phi) is 4.77. The Bertz CT molecular complexity index is 484. The SMILES string of the molecule is CCCC[NH+](CC)Cc1cccc2ccccc12. The van der Waals surface area contributed by atoms with Gasteiger partial charge in [-0.2, -0.15) is 0 Å². The highest BCUT2D eigenvalue weighted by Crippen LogP contribution is 2.17. The highest BCUT2D eigenvalue weighted by atomic mass is 15.1. The first-order valence-corrected chi connectivity index (χ1v) is 7.15. The Morgan fingerprint density at radius 1 is 0.944 bits per heavy atom. The monoisotopic (exact) mass is 242 g/mol. The molecule has 0 fully saturated rings. The topological polar surface area (TPSA) is 4.44 Å². The van der Waals surface area contributed by atoms with Crippen LogP contribution < -0.4 is 4.90 Å². The van der Waals surface area contributed by atoms with Gasteiger partial charge in [0.05, 0.1) is 13.1 Å². The number of benzene rings is 2. The lowest BCUT2D eigenvalue weighted by Crippen LogP contribution is -3.10. The summed E-state index contributed by atoms with van der Waals surface area (Å²) in [4.78, 5) is 1.69. The summed E-state index contributed by atoms with van der Waals surface area (Å²) >= 11 is 0. The molecule has 1 atom stereocenters. The van der Waals surface area contributed by atoms with Gasteiger partial charge < -0.3 is 4.90 Å². The quantitative estimate of drug-likeness (QED) is 0.794. The van der Waals surface area contributed by atoms with Gasteiger partial charge in [0.15, 0.2) is 0 Å². The van der Waals surface area contributed by atoms with Gasteiger partial charge in [0.1, 0.15) is 6.54 Å². The molecule has 18 heavy (non-hydrogen) atoms. The Balaban J connectivity index is 2.19. The van der Waals surface area contributed by atoms with Crippen LogP contribution in [0.15, 0.2) is 42.5 Å². The predicted molar refractivity (Wildman–Crippen MR) is 78.9 cm³/mol. The summed E-state index contributed by atoms with van der Waals surface area (Å²) in [5.74, 6) is 0. The van der Waals surface area contributed by atoms with Crippen LogP contribution in [0.25, 0.3) is 10.8 Å². The zero-order chi connectivity index (χ0) is 12.8. The summed E-state index contributed by atoms with van der Waals surface area (Å²) in [5, 5.41) is 2.78. The van der Waals surface area contributed by atoms with Gasteiger partial charge in [-0.1, -0.05) is 55.8 Å². The minimum atomic E-state index is 1.15. The number of hydrogen-bond acceptors (Lipinski definition) is 0. The molecule has 0 aromatic heterocycles. The number of fused-ring (bicyclic) bond motifs is 1. The van der Waals surface area contributed by atoms with Gasteiger partial charge in [-0.3, -0.25) is 0 Å². The van der Waals surface area contributed by atoms with E-state index in [-0.39, 0.29) is 0 Å². The number of nitrogens with one attached hydrogen (secondary N) is 1. The average molecular weight is 242 g/mol. The van der Waals surface area contributed by atoms with E-state index in [9.17, 15) is 0 Å². The molecule has 0 saturated carbocycles. The summed E-state index contributed by atoms with van der Waals surface area (Å²) in [6.07, 6.45) is 2.62. The van der Waals surface area contributed by atoms with Gasteiger partial charge in [0.2, 0.25) is 0 Å². The third-order valence-corrected chi connectivity index (χ3v) is 3.70. The van der Waals surface area contributed by atoms with Gasteiger partial charge >= 0.3 is 0 Å². The second kappa shape index (κ2) is 6.55. The number of rotatable bonds is 6. The predicted octanol–water partition coefficient (Wildman–Crippen LogP) is 3.04. The third kappa shape index (κ3) is 3.11. The van der Waals surface area contributed by atoms with Crippen molar-refractivity contribution in [3.05, 3.63) is 48.0 Å². The fraction of sp³-hybridized carbons (Fsp3) is 0.412. The second-order valence-corrected chi connectivity index (χ2v) is 5.02. The van der Waals surface area contributed by atoms with Crippen LogP contribution in [0.2, 0.25) is 0 Å². The average Bonchev–Trinajstić information content (AvgIpc) is 2.43. The van der Waals surface area contributed by atoms with Crippen molar-refractivity contribution >= 4 is 10.8 Å². The molecule has 0 amide bonds. The van der Waals surface area contributed by atoms with Crippen molar-refractivity contribution in [3.8, 4) is 0 Å². The van der Waals surface area contributed by atoms with Gasteiger partial charge in [-0.15, -0.1) is 0 Å². The molecule has 0 radical (unpaired) electrons. The molecule has 0 aliphatic carbocycles. The zero-order valence-electron chi connectivity index (χ0n) is 11.6.